The molecule has 1 aliphatic rings. The van der Waals surface area contributed by atoms with Crippen molar-refractivity contribution in [3.8, 4) is 0 Å². The van der Waals surface area contributed by atoms with Crippen molar-refractivity contribution in [1.82, 2.24) is 41.7 Å². The summed E-state index contributed by atoms with van der Waals surface area (Å²) < 4.78 is 5.10. The van der Waals surface area contributed by atoms with Gasteiger partial charge in [-0.05, 0) is 31.2 Å². The van der Waals surface area contributed by atoms with E-state index in [1.807, 2.05) is 23.1 Å². The summed E-state index contributed by atoms with van der Waals surface area (Å²) in [4.78, 5) is 117. The largest absolute Gasteiger partial charge is 0.460 e. The third-order valence-electron chi connectivity index (χ3n) is 15.1. The number of carbonyl (C=O) groups is 9. The second kappa shape index (κ2) is 51.2. The molecule has 1 atom stereocenters. The molecule has 6 N–H and O–H groups in total. The van der Waals surface area contributed by atoms with Crippen LogP contribution in [0.1, 0.15) is 238 Å². The fourth-order valence-electron chi connectivity index (χ4n) is 10.1. The van der Waals surface area contributed by atoms with Gasteiger partial charge in [-0.1, -0.05) is 237 Å². The summed E-state index contributed by atoms with van der Waals surface area (Å²) in [5, 5.41) is 14.6. The Morgan fingerprint density at radius 1 is 0.458 bits per heavy atom. The molecule has 1 aromatic rings. The van der Waals surface area contributed by atoms with Crippen molar-refractivity contribution in [3.05, 3.63) is 35.9 Å². The molecule has 0 aliphatic carbocycles. The molecule has 1 heterocycles. The summed E-state index contributed by atoms with van der Waals surface area (Å²) in [6.45, 7) is 3.77. The molecule has 0 radical (unpaired) electrons. The molecule has 8 amide bonds. The van der Waals surface area contributed by atoms with Crippen LogP contribution < -0.4 is 31.9 Å². The van der Waals surface area contributed by atoms with Gasteiger partial charge in [-0.3, -0.25) is 43.2 Å². The fourth-order valence-corrected chi connectivity index (χ4v) is 10.8. The predicted molar refractivity (Wildman–Crippen MR) is 332 cm³/mol. The van der Waals surface area contributed by atoms with Crippen LogP contribution in [0.15, 0.2) is 30.3 Å². The summed E-state index contributed by atoms with van der Waals surface area (Å²) in [7, 11) is 0. The van der Waals surface area contributed by atoms with Gasteiger partial charge in [0, 0.05) is 19.6 Å². The van der Waals surface area contributed by atoms with E-state index in [1.54, 1.807) is 12.1 Å². The standard InChI is InChI=1S/C64H110N8O10S/c1-3-5-7-9-11-13-15-17-19-21-23-25-27-29-31-36-42-71(43-37-32-30-28-26-24-22-20-18-16-14-12-10-8-6-4-2)62(79)53-83-52-60(77)67-47-56(73)65-45-57(74)68-49-61(78)72-44-38-41-55(72)64(81)70-48-59(76)66-46-58(75)69-50-63(80)82-51-54-39-34-33-35-40-54/h33-35,39-40,55H,3-32,36-38,41-53H2,1-2H3,(H,65,73)(H,66,76)(H,67,77)(H,68,74)(H,69,75)(H,70,81)/t55-/m0/s1. The number of unbranched alkanes of at least 4 members (excludes halogenated alkanes) is 30. The SMILES string of the molecule is CCCCCCCCCCCCCCCCCCN(CCCCCCCCCCCCCCCCCC)C(=O)CSCC(=O)NCC(=O)NCC(=O)NCC(=O)N1CCC[C@H]1C(=O)NCC(=O)NCC(=O)NCC(=O)OCc1ccccc1. The van der Waals surface area contributed by atoms with E-state index in [-0.39, 0.29) is 43.7 Å². The highest BCUT2D eigenvalue weighted by Crippen LogP contribution is 2.19. The molecule has 1 aliphatic heterocycles. The van der Waals surface area contributed by atoms with Crippen LogP contribution in [0, 0.1) is 0 Å². The molecule has 0 saturated carbocycles. The summed E-state index contributed by atoms with van der Waals surface area (Å²) in [6, 6.07) is 8.16. The number of rotatable bonds is 53. The molecule has 0 spiro atoms. The number of benzene rings is 1. The lowest BCUT2D eigenvalue weighted by molar-refractivity contribution is -0.145. The molecule has 2 rings (SSSR count). The monoisotopic (exact) mass is 1180 g/mol. The zero-order chi connectivity index (χ0) is 60.2. The van der Waals surface area contributed by atoms with Crippen molar-refractivity contribution in [3.63, 3.8) is 0 Å². The molecule has 83 heavy (non-hydrogen) atoms. The first kappa shape index (κ1) is 73.9. The molecular formula is C64H110N8O10S. The van der Waals surface area contributed by atoms with Gasteiger partial charge >= 0.3 is 5.97 Å². The Kier molecular flexibility index (Phi) is 45.6. The number of nitrogens with one attached hydrogen (secondary N) is 6. The van der Waals surface area contributed by atoms with Crippen LogP contribution >= 0.6 is 11.8 Å². The van der Waals surface area contributed by atoms with E-state index >= 15 is 0 Å². The van der Waals surface area contributed by atoms with Gasteiger partial charge in [0.15, 0.2) is 0 Å². The molecule has 1 fully saturated rings. The van der Waals surface area contributed by atoms with Gasteiger partial charge < -0.3 is 46.4 Å². The minimum Gasteiger partial charge on any atom is -0.460 e. The molecular weight excluding hydrogens is 1070 g/mol. The molecule has 19 heteroatoms. The average Bonchev–Trinajstić information content (AvgIpc) is 4.10. The number of ether oxygens (including phenoxy) is 1. The number of amides is 8. The summed E-state index contributed by atoms with van der Waals surface area (Å²) in [5.41, 5.74) is 0.792. The van der Waals surface area contributed by atoms with E-state index in [0.29, 0.717) is 12.8 Å². The summed E-state index contributed by atoms with van der Waals surface area (Å²) in [6.07, 6.45) is 42.4. The van der Waals surface area contributed by atoms with Crippen LogP contribution in [0.4, 0.5) is 0 Å². The molecule has 1 aromatic carbocycles. The fraction of sp³-hybridized carbons (Fsp3) is 0.766. The molecule has 0 unspecified atom stereocenters. The van der Waals surface area contributed by atoms with Crippen molar-refractivity contribution in [1.29, 1.82) is 0 Å². The third kappa shape index (κ3) is 41.5. The number of thioether (sulfide) groups is 1. The topological polar surface area (TPSA) is 242 Å². The summed E-state index contributed by atoms with van der Waals surface area (Å²) in [5.74, 6) is -4.50. The average molecular weight is 1180 g/mol. The van der Waals surface area contributed by atoms with Crippen molar-refractivity contribution < 1.29 is 47.9 Å². The Morgan fingerprint density at radius 3 is 1.27 bits per heavy atom. The van der Waals surface area contributed by atoms with Crippen LogP contribution in [0.3, 0.4) is 0 Å². The van der Waals surface area contributed by atoms with Gasteiger partial charge in [0.2, 0.25) is 47.3 Å². The normalized spacial score (nSPS) is 12.8. The second-order valence-electron chi connectivity index (χ2n) is 22.5. The van der Waals surface area contributed by atoms with Crippen molar-refractivity contribution in [2.45, 2.75) is 245 Å². The van der Waals surface area contributed by atoms with Gasteiger partial charge in [-0.25, -0.2) is 0 Å². The zero-order valence-electron chi connectivity index (χ0n) is 51.4. The van der Waals surface area contributed by atoms with E-state index in [2.05, 4.69) is 45.7 Å². The van der Waals surface area contributed by atoms with Gasteiger partial charge in [-0.15, -0.1) is 11.8 Å². The number of hydrogen-bond acceptors (Lipinski definition) is 11. The second-order valence-corrected chi connectivity index (χ2v) is 23.5. The van der Waals surface area contributed by atoms with Crippen LogP contribution in [0.2, 0.25) is 0 Å². The highest BCUT2D eigenvalue weighted by atomic mass is 32.2. The van der Waals surface area contributed by atoms with Crippen molar-refractivity contribution in [2.24, 2.45) is 0 Å². The Hall–Kier alpha value is -5.20. The molecule has 0 bridgehead atoms. The highest BCUT2D eigenvalue weighted by molar-refractivity contribution is 8.00. The van der Waals surface area contributed by atoms with Crippen LogP contribution in [-0.4, -0.2) is 139 Å². The van der Waals surface area contributed by atoms with E-state index in [4.69, 9.17) is 4.74 Å². The highest BCUT2D eigenvalue weighted by Gasteiger charge is 2.34. The number of hydrogen-bond donors (Lipinski definition) is 6. The maximum atomic E-state index is 13.5. The third-order valence-corrected chi connectivity index (χ3v) is 16.0. The molecule has 472 valence electrons. The zero-order valence-corrected chi connectivity index (χ0v) is 52.2. The number of esters is 1. The Balaban J connectivity index is 1.63. The Labute approximate surface area is 503 Å². The quantitative estimate of drug-likeness (QED) is 0.0265. The minimum absolute atomic E-state index is 0.00598. The van der Waals surface area contributed by atoms with Crippen LogP contribution in [0.5, 0.6) is 0 Å². The smallest absolute Gasteiger partial charge is 0.325 e. The lowest BCUT2D eigenvalue weighted by Gasteiger charge is -2.24. The van der Waals surface area contributed by atoms with Gasteiger partial charge in [-0.2, -0.15) is 0 Å². The van der Waals surface area contributed by atoms with E-state index < -0.39 is 79.5 Å². The van der Waals surface area contributed by atoms with E-state index in [1.165, 1.54) is 196 Å². The first-order valence-corrected chi connectivity index (χ1v) is 33.5. The first-order valence-electron chi connectivity index (χ1n) is 32.4. The maximum absolute atomic E-state index is 13.5. The van der Waals surface area contributed by atoms with E-state index in [0.717, 1.165) is 44.3 Å². The lowest BCUT2D eigenvalue weighted by Crippen LogP contribution is -2.51. The Bertz CT molecular complexity index is 1910. The van der Waals surface area contributed by atoms with Crippen LogP contribution in [0.25, 0.3) is 0 Å². The Morgan fingerprint density at radius 2 is 0.831 bits per heavy atom. The molecule has 1 saturated heterocycles. The number of carbonyl (C=O) groups excluding carboxylic acids is 9. The minimum atomic E-state index is -0.877. The molecule has 0 aromatic heterocycles. The van der Waals surface area contributed by atoms with Crippen molar-refractivity contribution in [2.75, 3.05) is 70.4 Å². The maximum Gasteiger partial charge on any atom is 0.325 e. The number of likely N-dealkylation sites (tertiary alicyclic amines) is 1. The van der Waals surface area contributed by atoms with Gasteiger partial charge in [0.1, 0.15) is 19.2 Å². The first-order chi connectivity index (χ1) is 40.4. The van der Waals surface area contributed by atoms with Crippen molar-refractivity contribution >= 4 is 65.0 Å². The summed E-state index contributed by atoms with van der Waals surface area (Å²) >= 11 is 1.22. The van der Waals surface area contributed by atoms with Gasteiger partial charge in [0.05, 0.1) is 44.2 Å². The van der Waals surface area contributed by atoms with Crippen LogP contribution in [-0.2, 0) is 54.5 Å². The predicted octanol–water partition coefficient (Wildman–Crippen LogP) is 9.50. The number of nitrogens with zero attached hydrogens (tertiary/aromatic N) is 2. The molecule has 18 nitrogen and oxygen atoms in total. The lowest BCUT2D eigenvalue weighted by atomic mass is 10.0. The van der Waals surface area contributed by atoms with E-state index in [9.17, 15) is 43.2 Å². The van der Waals surface area contributed by atoms with Gasteiger partial charge in [0.25, 0.3) is 0 Å².